The Hall–Kier alpha value is -4.04. The lowest BCUT2D eigenvalue weighted by atomic mass is 9.79. The number of carbonyl (C=O) groups excluding carboxylic acids is 1. The third-order valence-corrected chi connectivity index (χ3v) is 7.21. The lowest BCUT2D eigenvalue weighted by Crippen LogP contribution is -2.29. The lowest BCUT2D eigenvalue weighted by Gasteiger charge is -2.26. The standard InChI is InChI=1S/C25H34N4O.C5H10O2.C2H2.CHN/c1-17-7-9-18(10-8-17)19-11-13-21(14-12-19)29-24(26)23-22(15-16-27-25(23)30)28-20-5-3-2-4-6-20;1-5(2,3)7-4-6;2*1-2/h11-18,20H,2-10H2,1H3,(H2,26,29)(H2,27,28,30);4H,1-3H3;1-2H;1H. The highest BCUT2D eigenvalue weighted by molar-refractivity contribution is 6.03. The Labute approximate surface area is 245 Å². The van der Waals surface area contributed by atoms with Crippen LogP contribution in [0.15, 0.2) is 46.3 Å². The Kier molecular flexibility index (Phi) is 15.6. The topological polar surface area (TPSA) is 133 Å². The van der Waals surface area contributed by atoms with Gasteiger partial charge in [-0.1, -0.05) is 51.2 Å². The fourth-order valence-electron chi connectivity index (χ4n) is 5.07. The molecule has 0 radical (unpaired) electrons. The Bertz CT molecular complexity index is 1160. The van der Waals surface area contributed by atoms with E-state index in [1.54, 1.807) is 6.20 Å². The van der Waals surface area contributed by atoms with Crippen LogP contribution < -0.4 is 16.6 Å². The van der Waals surface area contributed by atoms with Crippen LogP contribution in [0.1, 0.15) is 103 Å². The van der Waals surface area contributed by atoms with Crippen molar-refractivity contribution < 1.29 is 9.53 Å². The number of nitrogens with two attached hydrogens (primary N) is 1. The summed E-state index contributed by atoms with van der Waals surface area (Å²) in [6, 6.07) is 10.7. The highest BCUT2D eigenvalue weighted by Gasteiger charge is 2.20. The number of aromatic nitrogens is 1. The van der Waals surface area contributed by atoms with Crippen LogP contribution in [0.4, 0.5) is 11.4 Å². The molecule has 0 bridgehead atoms. The van der Waals surface area contributed by atoms with Gasteiger partial charge in [0.2, 0.25) is 0 Å². The van der Waals surface area contributed by atoms with Gasteiger partial charge in [-0.2, -0.15) is 0 Å². The normalized spacial score (nSPS) is 19.0. The Balaban J connectivity index is 0.000000662. The fraction of sp³-hybridized carbons (Fsp3) is 0.515. The van der Waals surface area contributed by atoms with Gasteiger partial charge in [0.05, 0.1) is 11.4 Å². The summed E-state index contributed by atoms with van der Waals surface area (Å²) in [5.74, 6) is 1.76. The van der Waals surface area contributed by atoms with Crippen molar-refractivity contribution in [1.82, 2.24) is 4.98 Å². The number of hydrogen-bond donors (Lipinski definition) is 3. The minimum absolute atomic E-state index is 0.204. The number of H-pyrrole nitrogens is 1. The van der Waals surface area contributed by atoms with Crippen LogP contribution >= 0.6 is 0 Å². The van der Waals surface area contributed by atoms with Crippen molar-refractivity contribution in [3.05, 3.63) is 58.0 Å². The largest absolute Gasteiger partial charge is 0.462 e. The van der Waals surface area contributed by atoms with E-state index in [1.807, 2.05) is 39.0 Å². The molecule has 41 heavy (non-hydrogen) atoms. The number of pyridine rings is 1. The van der Waals surface area contributed by atoms with E-state index in [2.05, 4.69) is 58.5 Å². The van der Waals surface area contributed by atoms with Crippen molar-refractivity contribution in [3.8, 4) is 19.4 Å². The number of aliphatic imine (C=N–C) groups is 1. The molecule has 2 fully saturated rings. The van der Waals surface area contributed by atoms with Crippen LogP contribution in [-0.2, 0) is 9.53 Å². The van der Waals surface area contributed by atoms with Crippen molar-refractivity contribution >= 4 is 23.7 Å². The molecule has 0 saturated heterocycles. The molecule has 2 saturated carbocycles. The average Bonchev–Trinajstić information content (AvgIpc) is 2.96. The molecule has 2 aliphatic rings. The Morgan fingerprint density at radius 1 is 1.02 bits per heavy atom. The van der Waals surface area contributed by atoms with Crippen LogP contribution in [0.3, 0.4) is 0 Å². The predicted molar refractivity (Wildman–Crippen MR) is 168 cm³/mol. The van der Waals surface area contributed by atoms with Gasteiger partial charge in [0.1, 0.15) is 17.0 Å². The highest BCUT2D eigenvalue weighted by Crippen LogP contribution is 2.36. The smallest absolute Gasteiger partial charge is 0.293 e. The third kappa shape index (κ3) is 12.3. The molecule has 8 nitrogen and oxygen atoms in total. The first-order valence-corrected chi connectivity index (χ1v) is 14.3. The second-order valence-electron chi connectivity index (χ2n) is 11.4. The van der Waals surface area contributed by atoms with E-state index in [1.165, 1.54) is 50.5 Å². The maximum atomic E-state index is 12.5. The molecule has 4 N–H and O–H groups in total. The summed E-state index contributed by atoms with van der Waals surface area (Å²) >= 11 is 0. The molecule has 222 valence electrons. The summed E-state index contributed by atoms with van der Waals surface area (Å²) in [6.07, 6.45) is 20.8. The fourth-order valence-corrected chi connectivity index (χ4v) is 5.07. The SMILES string of the molecule is C#C.C#N.CC(C)(C)OC=O.CC1CCC(c2ccc(N=C(N)c3c(NC4CCCCC4)cc[nH]c3=O)cc2)CC1. The van der Waals surface area contributed by atoms with Crippen molar-refractivity contribution in [3.63, 3.8) is 0 Å². The molecule has 0 unspecified atom stereocenters. The minimum Gasteiger partial charge on any atom is -0.462 e. The quantitative estimate of drug-likeness (QED) is 0.154. The number of anilines is 1. The number of ether oxygens (including phenoxy) is 1. The van der Waals surface area contributed by atoms with Gasteiger partial charge in [-0.15, -0.1) is 12.8 Å². The van der Waals surface area contributed by atoms with E-state index in [0.29, 0.717) is 24.0 Å². The van der Waals surface area contributed by atoms with Crippen molar-refractivity contribution in [2.75, 3.05) is 5.32 Å². The summed E-state index contributed by atoms with van der Waals surface area (Å²) in [5.41, 5.74) is 9.18. The van der Waals surface area contributed by atoms with Crippen LogP contribution in [0.25, 0.3) is 0 Å². The van der Waals surface area contributed by atoms with Gasteiger partial charge in [-0.05, 0) is 82.1 Å². The first-order valence-electron chi connectivity index (χ1n) is 14.3. The van der Waals surface area contributed by atoms with Crippen LogP contribution in [0.2, 0.25) is 0 Å². The monoisotopic (exact) mass is 561 g/mol. The Morgan fingerprint density at radius 3 is 2.12 bits per heavy atom. The average molecular weight is 562 g/mol. The molecule has 0 spiro atoms. The van der Waals surface area contributed by atoms with Crippen LogP contribution in [0, 0.1) is 30.6 Å². The molecule has 2 aliphatic carbocycles. The molecule has 0 amide bonds. The van der Waals surface area contributed by atoms with Crippen molar-refractivity contribution in [2.24, 2.45) is 16.6 Å². The van der Waals surface area contributed by atoms with E-state index in [4.69, 9.17) is 11.0 Å². The van der Waals surface area contributed by atoms with Crippen LogP contribution in [-0.4, -0.2) is 28.9 Å². The highest BCUT2D eigenvalue weighted by atomic mass is 16.5. The minimum atomic E-state index is -0.318. The maximum Gasteiger partial charge on any atom is 0.293 e. The number of nitrogens with one attached hydrogen (secondary N) is 2. The van der Waals surface area contributed by atoms with E-state index in [0.717, 1.165) is 30.1 Å². The van der Waals surface area contributed by atoms with Gasteiger partial charge in [0, 0.05) is 18.8 Å². The molecule has 4 rings (SSSR count). The van der Waals surface area contributed by atoms with Gasteiger partial charge in [-0.3, -0.25) is 9.59 Å². The van der Waals surface area contributed by atoms with Crippen molar-refractivity contribution in [1.29, 1.82) is 5.26 Å². The number of hydrogen-bond acceptors (Lipinski definition) is 6. The number of amidine groups is 1. The van der Waals surface area contributed by atoms with Gasteiger partial charge >= 0.3 is 0 Å². The number of benzene rings is 1. The summed E-state index contributed by atoms with van der Waals surface area (Å²) in [4.78, 5) is 29.5. The number of carbonyl (C=O) groups is 1. The Morgan fingerprint density at radius 2 is 1.61 bits per heavy atom. The molecular weight excluding hydrogens is 514 g/mol. The first kappa shape index (κ1) is 35.0. The van der Waals surface area contributed by atoms with E-state index >= 15 is 0 Å². The number of rotatable bonds is 6. The predicted octanol–water partition coefficient (Wildman–Crippen LogP) is 6.80. The third-order valence-electron chi connectivity index (χ3n) is 7.21. The summed E-state index contributed by atoms with van der Waals surface area (Å²) < 4.78 is 4.55. The zero-order valence-corrected chi connectivity index (χ0v) is 25.1. The molecular formula is C33H47N5O3. The summed E-state index contributed by atoms with van der Waals surface area (Å²) in [5, 5.41) is 10.0. The van der Waals surface area contributed by atoms with Crippen LogP contribution in [0.5, 0.6) is 0 Å². The molecule has 8 heteroatoms. The maximum absolute atomic E-state index is 12.5. The lowest BCUT2D eigenvalue weighted by molar-refractivity contribution is -0.138. The van der Waals surface area contributed by atoms with Gasteiger partial charge in [-0.25, -0.2) is 10.3 Å². The van der Waals surface area contributed by atoms with Gasteiger partial charge in [0.15, 0.2) is 0 Å². The zero-order chi connectivity index (χ0) is 30.8. The van der Waals surface area contributed by atoms with E-state index in [9.17, 15) is 9.59 Å². The molecule has 0 aliphatic heterocycles. The first-order chi connectivity index (χ1) is 19.7. The summed E-state index contributed by atoms with van der Waals surface area (Å²) in [6.45, 7) is 11.8. The second kappa shape index (κ2) is 18.3. The molecule has 0 atom stereocenters. The number of terminal acetylenes is 1. The zero-order valence-electron chi connectivity index (χ0n) is 25.1. The molecule has 2 aromatic rings. The number of nitriles is 1. The molecule has 1 aromatic carbocycles. The van der Waals surface area contributed by atoms with Gasteiger partial charge < -0.3 is 20.8 Å². The van der Waals surface area contributed by atoms with Crippen molar-refractivity contribution in [2.45, 2.75) is 103 Å². The summed E-state index contributed by atoms with van der Waals surface area (Å²) in [7, 11) is 0. The second-order valence-corrected chi connectivity index (χ2v) is 11.4. The number of nitrogens with zero attached hydrogens (tertiary/aromatic N) is 2. The van der Waals surface area contributed by atoms with Gasteiger partial charge in [0.25, 0.3) is 12.0 Å². The molecule has 1 aromatic heterocycles. The number of aromatic amines is 1. The van der Waals surface area contributed by atoms with E-state index in [-0.39, 0.29) is 17.0 Å². The van der Waals surface area contributed by atoms with E-state index < -0.39 is 0 Å². The molecule has 1 heterocycles.